The lowest BCUT2D eigenvalue weighted by atomic mass is 10.0. The van der Waals surface area contributed by atoms with E-state index in [0.717, 1.165) is 0 Å². The first-order chi connectivity index (χ1) is 9.25. The van der Waals surface area contributed by atoms with E-state index in [1.54, 1.807) is 20.8 Å². The van der Waals surface area contributed by atoms with Gasteiger partial charge in [0, 0.05) is 31.7 Å². The number of fused-ring (bicyclic) bond motifs is 1. The molecule has 1 aromatic rings. The van der Waals surface area contributed by atoms with Crippen LogP contribution in [0.15, 0.2) is 0 Å². The van der Waals surface area contributed by atoms with Crippen molar-refractivity contribution in [1.29, 1.82) is 0 Å². The van der Waals surface area contributed by atoms with Crippen molar-refractivity contribution >= 4 is 0 Å². The van der Waals surface area contributed by atoms with E-state index in [1.807, 2.05) is 0 Å². The van der Waals surface area contributed by atoms with Crippen molar-refractivity contribution in [2.45, 2.75) is 45.5 Å². The quantitative estimate of drug-likeness (QED) is 0.928. The minimum Gasteiger partial charge on any atom is -0.368 e. The Hall–Kier alpha value is -1.21. The van der Waals surface area contributed by atoms with E-state index < -0.39 is 17.5 Å². The second-order valence-corrected chi connectivity index (χ2v) is 5.19. The molecule has 0 atom stereocenters. The van der Waals surface area contributed by atoms with Gasteiger partial charge in [0.05, 0.1) is 5.69 Å². The molecule has 20 heavy (non-hydrogen) atoms. The molecular formula is C13H18F3N3O. The molecule has 0 fully saturated rings. The minimum atomic E-state index is -4.48. The fourth-order valence-corrected chi connectivity index (χ4v) is 2.27. The van der Waals surface area contributed by atoms with Gasteiger partial charge in [-0.1, -0.05) is 0 Å². The lowest BCUT2D eigenvalue weighted by Gasteiger charge is -2.27. The lowest BCUT2D eigenvalue weighted by molar-refractivity contribution is -0.142. The maximum absolute atomic E-state index is 13.2. The van der Waals surface area contributed by atoms with Gasteiger partial charge in [-0.15, -0.1) is 0 Å². The number of hydrogen-bond acceptors (Lipinski definition) is 4. The number of halogens is 3. The van der Waals surface area contributed by atoms with Crippen molar-refractivity contribution in [2.75, 3.05) is 13.2 Å². The van der Waals surface area contributed by atoms with E-state index in [0.29, 0.717) is 25.3 Å². The van der Waals surface area contributed by atoms with E-state index in [2.05, 4.69) is 15.3 Å². The third-order valence-corrected chi connectivity index (χ3v) is 3.25. The summed E-state index contributed by atoms with van der Waals surface area (Å²) in [6.07, 6.45) is -4.01. The number of ether oxygens (including phenoxy) is 1. The molecule has 0 amide bonds. The Bertz CT molecular complexity index is 500. The summed E-state index contributed by atoms with van der Waals surface area (Å²) in [6, 6.07) is 0. The predicted molar refractivity (Wildman–Crippen MR) is 67.1 cm³/mol. The summed E-state index contributed by atoms with van der Waals surface area (Å²) in [5, 5.41) is 2.93. The van der Waals surface area contributed by atoms with Gasteiger partial charge >= 0.3 is 6.18 Å². The molecule has 0 radical (unpaired) electrons. The van der Waals surface area contributed by atoms with Crippen LogP contribution in [0.1, 0.15) is 43.5 Å². The van der Waals surface area contributed by atoms with Crippen LogP contribution < -0.4 is 5.32 Å². The monoisotopic (exact) mass is 289 g/mol. The van der Waals surface area contributed by atoms with Gasteiger partial charge in [0.2, 0.25) is 0 Å². The van der Waals surface area contributed by atoms with E-state index in [4.69, 9.17) is 4.74 Å². The molecule has 0 aliphatic carbocycles. The number of hydrogen-bond donors (Lipinski definition) is 1. The molecule has 0 saturated heterocycles. The lowest BCUT2D eigenvalue weighted by Crippen LogP contribution is -2.33. The number of alkyl halides is 3. The molecular weight excluding hydrogens is 271 g/mol. The number of nitrogens with zero attached hydrogens (tertiary/aromatic N) is 2. The molecule has 0 bridgehead atoms. The van der Waals surface area contributed by atoms with Crippen molar-refractivity contribution in [3.05, 3.63) is 22.8 Å². The fraction of sp³-hybridized carbons (Fsp3) is 0.692. The van der Waals surface area contributed by atoms with E-state index in [1.165, 1.54) is 0 Å². The largest absolute Gasteiger partial charge is 0.433 e. The summed E-state index contributed by atoms with van der Waals surface area (Å²) in [6.45, 7) is 6.30. The highest BCUT2D eigenvalue weighted by Crippen LogP contribution is 2.34. The summed E-state index contributed by atoms with van der Waals surface area (Å²) >= 11 is 0. The maximum Gasteiger partial charge on any atom is 0.433 e. The summed E-state index contributed by atoms with van der Waals surface area (Å²) in [4.78, 5) is 8.05. The smallest absolute Gasteiger partial charge is 0.368 e. The van der Waals surface area contributed by atoms with E-state index in [9.17, 15) is 13.2 Å². The third kappa shape index (κ3) is 2.93. The highest BCUT2D eigenvalue weighted by molar-refractivity contribution is 5.31. The van der Waals surface area contributed by atoms with Crippen LogP contribution in [0.5, 0.6) is 0 Å². The average Bonchev–Trinajstić information content (AvgIpc) is 2.36. The third-order valence-electron chi connectivity index (χ3n) is 3.25. The van der Waals surface area contributed by atoms with Crippen molar-refractivity contribution in [3.63, 3.8) is 0 Å². The van der Waals surface area contributed by atoms with Crippen molar-refractivity contribution in [3.8, 4) is 0 Å². The fourth-order valence-electron chi connectivity index (χ4n) is 2.27. The van der Waals surface area contributed by atoms with Crippen LogP contribution in [0.3, 0.4) is 0 Å². The SMILES string of the molecule is CCOC(C)(C)c1nc2c(c(C(F)(F)F)n1)CNCC2. The second-order valence-electron chi connectivity index (χ2n) is 5.19. The zero-order chi connectivity index (χ0) is 15.0. The number of aromatic nitrogens is 2. The highest BCUT2D eigenvalue weighted by atomic mass is 19.4. The molecule has 7 heteroatoms. The van der Waals surface area contributed by atoms with Crippen LogP contribution >= 0.6 is 0 Å². The van der Waals surface area contributed by atoms with E-state index in [-0.39, 0.29) is 17.9 Å². The molecule has 4 nitrogen and oxygen atoms in total. The summed E-state index contributed by atoms with van der Waals surface area (Å²) in [7, 11) is 0. The number of rotatable bonds is 3. The average molecular weight is 289 g/mol. The molecule has 1 aliphatic heterocycles. The van der Waals surface area contributed by atoms with Crippen LogP contribution in [-0.2, 0) is 29.5 Å². The van der Waals surface area contributed by atoms with Gasteiger partial charge in [-0.25, -0.2) is 9.97 Å². The maximum atomic E-state index is 13.2. The summed E-state index contributed by atoms with van der Waals surface area (Å²) < 4.78 is 45.0. The molecule has 1 aliphatic rings. The Morgan fingerprint density at radius 3 is 2.55 bits per heavy atom. The van der Waals surface area contributed by atoms with Gasteiger partial charge in [-0.3, -0.25) is 0 Å². The second kappa shape index (κ2) is 5.29. The standard InChI is InChI=1S/C13H18F3N3O/c1-4-20-12(2,3)11-18-9-5-6-17-7-8(9)10(19-11)13(14,15)16/h17H,4-7H2,1-3H3. The van der Waals surface area contributed by atoms with Crippen LogP contribution in [-0.4, -0.2) is 23.1 Å². The van der Waals surface area contributed by atoms with Gasteiger partial charge in [0.25, 0.3) is 0 Å². The molecule has 1 N–H and O–H groups in total. The van der Waals surface area contributed by atoms with Gasteiger partial charge in [-0.05, 0) is 20.8 Å². The first kappa shape index (κ1) is 15.2. The normalized spacial score (nSPS) is 16.1. The first-order valence-corrected chi connectivity index (χ1v) is 6.58. The van der Waals surface area contributed by atoms with Crippen LogP contribution in [0, 0.1) is 0 Å². The van der Waals surface area contributed by atoms with Gasteiger partial charge < -0.3 is 10.1 Å². The Labute approximate surface area is 115 Å². The minimum absolute atomic E-state index is 0.0901. The van der Waals surface area contributed by atoms with Gasteiger partial charge in [-0.2, -0.15) is 13.2 Å². The topological polar surface area (TPSA) is 47.0 Å². The molecule has 0 saturated carbocycles. The van der Waals surface area contributed by atoms with Crippen LogP contribution in [0.25, 0.3) is 0 Å². The summed E-state index contributed by atoms with van der Waals surface area (Å²) in [5.41, 5.74) is -1.17. The van der Waals surface area contributed by atoms with Crippen LogP contribution in [0.4, 0.5) is 13.2 Å². The Morgan fingerprint density at radius 1 is 1.25 bits per heavy atom. The zero-order valence-electron chi connectivity index (χ0n) is 11.8. The zero-order valence-corrected chi connectivity index (χ0v) is 11.8. The Morgan fingerprint density at radius 2 is 1.95 bits per heavy atom. The highest BCUT2D eigenvalue weighted by Gasteiger charge is 2.39. The molecule has 0 spiro atoms. The summed E-state index contributed by atoms with van der Waals surface area (Å²) in [5.74, 6) is 0.0901. The molecule has 2 heterocycles. The molecule has 2 rings (SSSR count). The van der Waals surface area contributed by atoms with E-state index >= 15 is 0 Å². The van der Waals surface area contributed by atoms with Crippen molar-refractivity contribution < 1.29 is 17.9 Å². The predicted octanol–water partition coefficient (Wildman–Crippen LogP) is 2.41. The molecule has 0 unspecified atom stereocenters. The molecule has 112 valence electrons. The van der Waals surface area contributed by atoms with Crippen molar-refractivity contribution in [1.82, 2.24) is 15.3 Å². The Balaban J connectivity index is 2.56. The molecule has 1 aromatic heterocycles. The van der Waals surface area contributed by atoms with Crippen molar-refractivity contribution in [2.24, 2.45) is 0 Å². The van der Waals surface area contributed by atoms with Gasteiger partial charge in [0.15, 0.2) is 11.5 Å². The molecule has 0 aromatic carbocycles. The van der Waals surface area contributed by atoms with Crippen LogP contribution in [0.2, 0.25) is 0 Å². The number of nitrogens with one attached hydrogen (secondary N) is 1. The Kier molecular flexibility index (Phi) is 4.02. The first-order valence-electron chi connectivity index (χ1n) is 6.58. The van der Waals surface area contributed by atoms with Gasteiger partial charge in [0.1, 0.15) is 5.60 Å².